The summed E-state index contributed by atoms with van der Waals surface area (Å²) in [7, 11) is 0. The highest BCUT2D eigenvalue weighted by molar-refractivity contribution is 5.79. The van der Waals surface area contributed by atoms with Gasteiger partial charge in [0.05, 0.1) is 13.2 Å². The topological polar surface area (TPSA) is 35.5 Å². The fraction of sp³-hybridized carbons (Fsp3) is 0.870. The van der Waals surface area contributed by atoms with Crippen LogP contribution in [0.25, 0.3) is 0 Å². The van der Waals surface area contributed by atoms with E-state index in [9.17, 15) is 4.79 Å². The first kappa shape index (κ1) is 17.4. The van der Waals surface area contributed by atoms with Gasteiger partial charge in [-0.1, -0.05) is 25.5 Å². The average molecular weight is 359 g/mol. The van der Waals surface area contributed by atoms with Crippen LogP contribution in [0.15, 0.2) is 11.6 Å². The smallest absolute Gasteiger partial charge is 0.172 e. The number of carbonyl (C=O) groups is 1. The fourth-order valence-corrected chi connectivity index (χ4v) is 8.02. The van der Waals surface area contributed by atoms with Crippen molar-refractivity contribution < 1.29 is 14.3 Å². The number of hydrogen-bond donors (Lipinski definition) is 0. The van der Waals surface area contributed by atoms with E-state index in [0.717, 1.165) is 50.2 Å². The Hall–Kier alpha value is -0.670. The predicted molar refractivity (Wildman–Crippen MR) is 101 cm³/mol. The number of fused-ring (bicyclic) bond motifs is 5. The number of Topliss-reactive ketones (excluding diaryl/α,β-unsaturated/α-hetero) is 1. The van der Waals surface area contributed by atoms with Crippen molar-refractivity contribution >= 4 is 5.78 Å². The number of ether oxygens (including phenoxy) is 2. The summed E-state index contributed by atoms with van der Waals surface area (Å²) in [5.74, 6) is 2.72. The zero-order valence-electron chi connectivity index (χ0n) is 16.7. The first-order valence-corrected chi connectivity index (χ1v) is 10.9. The Morgan fingerprint density at radius 1 is 1.04 bits per heavy atom. The molecule has 3 heteroatoms. The molecule has 6 atom stereocenters. The fourth-order valence-electron chi connectivity index (χ4n) is 8.02. The molecular weight excluding hydrogens is 324 g/mol. The molecule has 0 unspecified atom stereocenters. The van der Waals surface area contributed by atoms with Crippen molar-refractivity contribution in [1.29, 1.82) is 0 Å². The third-order valence-corrected chi connectivity index (χ3v) is 9.41. The molecular formula is C23H34O3. The van der Waals surface area contributed by atoms with Crippen LogP contribution in [0.2, 0.25) is 0 Å². The van der Waals surface area contributed by atoms with Crippen LogP contribution in [0, 0.1) is 34.5 Å². The van der Waals surface area contributed by atoms with Crippen LogP contribution in [0.4, 0.5) is 0 Å². The highest BCUT2D eigenvalue weighted by atomic mass is 16.7. The maximum Gasteiger partial charge on any atom is 0.172 e. The largest absolute Gasteiger partial charge is 0.347 e. The number of allylic oxidation sites excluding steroid dienone is 1. The van der Waals surface area contributed by atoms with E-state index in [4.69, 9.17) is 9.47 Å². The molecule has 5 aliphatic rings. The van der Waals surface area contributed by atoms with E-state index in [1.165, 1.54) is 32.1 Å². The molecule has 4 aliphatic carbocycles. The Morgan fingerprint density at radius 2 is 1.81 bits per heavy atom. The van der Waals surface area contributed by atoms with Crippen molar-refractivity contribution in [2.24, 2.45) is 34.5 Å². The second kappa shape index (κ2) is 5.67. The molecule has 0 radical (unpaired) electrons. The van der Waals surface area contributed by atoms with Gasteiger partial charge in [0.1, 0.15) is 5.78 Å². The first-order chi connectivity index (χ1) is 12.4. The van der Waals surface area contributed by atoms with Crippen LogP contribution < -0.4 is 0 Å². The van der Waals surface area contributed by atoms with Crippen molar-refractivity contribution in [2.45, 2.75) is 77.9 Å². The molecule has 1 heterocycles. The molecule has 1 saturated heterocycles. The zero-order chi connectivity index (χ0) is 18.2. The summed E-state index contributed by atoms with van der Waals surface area (Å²) in [4.78, 5) is 12.3. The number of hydrogen-bond acceptors (Lipinski definition) is 3. The summed E-state index contributed by atoms with van der Waals surface area (Å²) in [6.45, 7) is 8.29. The van der Waals surface area contributed by atoms with Crippen LogP contribution in [-0.2, 0) is 14.3 Å². The maximum absolute atomic E-state index is 12.3. The number of ketones is 1. The van der Waals surface area contributed by atoms with E-state index < -0.39 is 0 Å². The number of rotatable bonds is 1. The molecule has 0 bridgehead atoms. The van der Waals surface area contributed by atoms with Crippen LogP contribution in [-0.4, -0.2) is 24.8 Å². The normalized spacial score (nSPS) is 49.3. The van der Waals surface area contributed by atoms with Gasteiger partial charge >= 0.3 is 0 Å². The maximum atomic E-state index is 12.3. The Morgan fingerprint density at radius 3 is 2.54 bits per heavy atom. The Balaban J connectivity index is 1.44. The van der Waals surface area contributed by atoms with Gasteiger partial charge < -0.3 is 9.47 Å². The molecule has 144 valence electrons. The van der Waals surface area contributed by atoms with Gasteiger partial charge in [0, 0.05) is 18.8 Å². The number of carbonyl (C=O) groups excluding carboxylic acids is 1. The van der Waals surface area contributed by atoms with Gasteiger partial charge in [-0.05, 0) is 74.0 Å². The van der Waals surface area contributed by atoms with Crippen molar-refractivity contribution in [1.82, 2.24) is 0 Å². The second-order valence-electron chi connectivity index (χ2n) is 10.3. The quantitative estimate of drug-likeness (QED) is 0.626. The summed E-state index contributed by atoms with van der Waals surface area (Å²) in [6.07, 6.45) is 11.9. The molecule has 1 aliphatic heterocycles. The Kier molecular flexibility index (Phi) is 3.80. The van der Waals surface area contributed by atoms with E-state index in [1.54, 1.807) is 5.57 Å². The molecule has 0 N–H and O–H groups in total. The minimum Gasteiger partial charge on any atom is -0.347 e. The summed E-state index contributed by atoms with van der Waals surface area (Å²) in [5, 5.41) is 0. The van der Waals surface area contributed by atoms with Crippen LogP contribution in [0.1, 0.15) is 72.1 Å². The summed E-state index contributed by atoms with van der Waals surface area (Å²) >= 11 is 0. The van der Waals surface area contributed by atoms with Gasteiger partial charge in [0.15, 0.2) is 5.79 Å². The van der Waals surface area contributed by atoms with Crippen LogP contribution in [0.5, 0.6) is 0 Å². The zero-order valence-corrected chi connectivity index (χ0v) is 16.7. The molecule has 0 aromatic rings. The van der Waals surface area contributed by atoms with Crippen molar-refractivity contribution in [3.05, 3.63) is 11.6 Å². The molecule has 0 aromatic heterocycles. The lowest BCUT2D eigenvalue weighted by Crippen LogP contribution is -2.52. The first-order valence-electron chi connectivity index (χ1n) is 10.9. The lowest BCUT2D eigenvalue weighted by molar-refractivity contribution is -0.185. The van der Waals surface area contributed by atoms with Crippen molar-refractivity contribution in [2.75, 3.05) is 13.2 Å². The minimum atomic E-state index is -0.311. The summed E-state index contributed by atoms with van der Waals surface area (Å²) in [5.41, 5.74) is 2.18. The van der Waals surface area contributed by atoms with E-state index in [2.05, 4.69) is 19.9 Å². The predicted octanol–water partition coefficient (Wildman–Crippen LogP) is 4.90. The lowest BCUT2D eigenvalue weighted by Gasteiger charge is -2.58. The molecule has 3 saturated carbocycles. The summed E-state index contributed by atoms with van der Waals surface area (Å²) < 4.78 is 12.1. The second-order valence-corrected chi connectivity index (χ2v) is 10.3. The van der Waals surface area contributed by atoms with E-state index in [1.807, 2.05) is 6.92 Å². The molecule has 0 aromatic carbocycles. The van der Waals surface area contributed by atoms with E-state index in [-0.39, 0.29) is 11.2 Å². The third kappa shape index (κ3) is 2.22. The lowest BCUT2D eigenvalue weighted by atomic mass is 9.47. The van der Waals surface area contributed by atoms with E-state index in [0.29, 0.717) is 17.1 Å². The van der Waals surface area contributed by atoms with Crippen LogP contribution >= 0.6 is 0 Å². The highest BCUT2D eigenvalue weighted by Crippen LogP contribution is 2.67. The average Bonchev–Trinajstić information content (AvgIpc) is 3.20. The highest BCUT2D eigenvalue weighted by Gasteiger charge is 2.60. The minimum absolute atomic E-state index is 0.252. The Labute approximate surface area is 157 Å². The Bertz CT molecular complexity index is 646. The van der Waals surface area contributed by atoms with Gasteiger partial charge in [-0.2, -0.15) is 0 Å². The molecule has 0 amide bonds. The molecule has 5 rings (SSSR count). The monoisotopic (exact) mass is 358 g/mol. The SMILES string of the molecule is CC(=O)[C@@H]1CC[C@@H]2[C@H]3CC=C4CC5(CC[C@]4(C)[C@H]3CC[C@@]21C)OCCO5. The van der Waals surface area contributed by atoms with Gasteiger partial charge in [-0.3, -0.25) is 4.79 Å². The molecule has 26 heavy (non-hydrogen) atoms. The molecule has 4 fully saturated rings. The summed E-state index contributed by atoms with van der Waals surface area (Å²) in [6, 6.07) is 0. The van der Waals surface area contributed by atoms with Crippen molar-refractivity contribution in [3.8, 4) is 0 Å². The third-order valence-electron chi connectivity index (χ3n) is 9.41. The molecule has 1 spiro atoms. The van der Waals surface area contributed by atoms with Gasteiger partial charge in [-0.25, -0.2) is 0 Å². The van der Waals surface area contributed by atoms with E-state index >= 15 is 0 Å². The standard InChI is InChI=1S/C23H34O3/c1-15(24)18-6-7-19-17-5-4-16-14-23(25-12-13-26-23)11-10-21(16,2)20(17)8-9-22(18,19)3/h4,17-20H,5-14H2,1-3H3/t17-,18+,19-,20+,21+,22-/m1/s1. The van der Waals surface area contributed by atoms with Crippen molar-refractivity contribution in [3.63, 3.8) is 0 Å². The van der Waals surface area contributed by atoms with Gasteiger partial charge in [0.2, 0.25) is 0 Å². The molecule has 3 nitrogen and oxygen atoms in total. The van der Waals surface area contributed by atoms with Gasteiger partial charge in [-0.15, -0.1) is 0 Å². The van der Waals surface area contributed by atoms with Gasteiger partial charge in [0.25, 0.3) is 0 Å². The van der Waals surface area contributed by atoms with Crippen LogP contribution in [0.3, 0.4) is 0 Å².